The SMILES string of the molecule is CCCOCCN1CCN(c2ncc(C(=O)N3CCc4cc(Cn5nc(-c6cnc7[nH]ccc7c6)c6c(N)ncnc65)ccc4C3)cn2)CC1. The van der Waals surface area contributed by atoms with Crippen LogP contribution < -0.4 is 10.6 Å². The number of fused-ring (bicyclic) bond motifs is 3. The van der Waals surface area contributed by atoms with Crippen molar-refractivity contribution in [1.29, 1.82) is 0 Å². The lowest BCUT2D eigenvalue weighted by molar-refractivity contribution is 0.0734. The number of aromatic nitrogens is 8. The van der Waals surface area contributed by atoms with Crippen molar-refractivity contribution in [2.24, 2.45) is 0 Å². The van der Waals surface area contributed by atoms with Gasteiger partial charge in [0.05, 0.1) is 24.1 Å². The highest BCUT2D eigenvalue weighted by Gasteiger charge is 2.25. The number of hydrogen-bond donors (Lipinski definition) is 2. The van der Waals surface area contributed by atoms with E-state index in [1.165, 1.54) is 11.9 Å². The first kappa shape index (κ1) is 31.8. The number of anilines is 2. The topological polar surface area (TPSA) is 160 Å². The third kappa shape index (κ3) is 6.34. The Hall–Kier alpha value is -5.47. The van der Waals surface area contributed by atoms with Crippen molar-refractivity contribution < 1.29 is 9.53 Å². The highest BCUT2D eigenvalue weighted by molar-refractivity contribution is 5.99. The van der Waals surface area contributed by atoms with Gasteiger partial charge in [0.15, 0.2) is 5.65 Å². The third-order valence-corrected chi connectivity index (χ3v) is 9.58. The van der Waals surface area contributed by atoms with Crippen LogP contribution in [0.15, 0.2) is 61.4 Å². The third-order valence-electron chi connectivity index (χ3n) is 9.58. The fourth-order valence-electron chi connectivity index (χ4n) is 6.85. The summed E-state index contributed by atoms with van der Waals surface area (Å²) in [6, 6.07) is 10.4. The normalized spacial score (nSPS) is 15.2. The molecule has 50 heavy (non-hydrogen) atoms. The van der Waals surface area contributed by atoms with Gasteiger partial charge in [-0.3, -0.25) is 9.69 Å². The molecule has 8 rings (SSSR count). The number of benzene rings is 1. The number of pyridine rings is 1. The number of nitrogens with two attached hydrogens (primary N) is 1. The molecule has 2 aliphatic rings. The monoisotopic (exact) mass is 672 g/mol. The van der Waals surface area contributed by atoms with Crippen LogP contribution in [0.4, 0.5) is 11.8 Å². The maximum atomic E-state index is 13.5. The van der Waals surface area contributed by atoms with E-state index in [0.717, 1.165) is 86.5 Å². The molecule has 1 fully saturated rings. The summed E-state index contributed by atoms with van der Waals surface area (Å²) in [6.45, 7) is 9.91. The van der Waals surface area contributed by atoms with Crippen LogP contribution in [0.1, 0.15) is 40.4 Å². The van der Waals surface area contributed by atoms with Gasteiger partial charge in [-0.2, -0.15) is 5.10 Å². The van der Waals surface area contributed by atoms with Crippen LogP contribution in [0.5, 0.6) is 0 Å². The molecule has 14 nitrogen and oxygen atoms in total. The van der Waals surface area contributed by atoms with Crippen LogP contribution >= 0.6 is 0 Å². The second-order valence-electron chi connectivity index (χ2n) is 12.9. The number of piperazine rings is 1. The molecule has 0 atom stereocenters. The van der Waals surface area contributed by atoms with Crippen molar-refractivity contribution >= 4 is 39.7 Å². The van der Waals surface area contributed by atoms with Crippen LogP contribution in [-0.4, -0.2) is 108 Å². The number of nitrogen functional groups attached to an aromatic ring is 1. The molecule has 0 aliphatic carbocycles. The van der Waals surface area contributed by atoms with Gasteiger partial charge in [0.2, 0.25) is 5.95 Å². The van der Waals surface area contributed by atoms with Crippen LogP contribution in [0.3, 0.4) is 0 Å². The van der Waals surface area contributed by atoms with E-state index < -0.39 is 0 Å². The van der Waals surface area contributed by atoms with Crippen molar-refractivity contribution in [3.63, 3.8) is 0 Å². The quantitative estimate of drug-likeness (QED) is 0.205. The summed E-state index contributed by atoms with van der Waals surface area (Å²) in [7, 11) is 0. The Labute approximate surface area is 289 Å². The highest BCUT2D eigenvalue weighted by Crippen LogP contribution is 2.32. The summed E-state index contributed by atoms with van der Waals surface area (Å²) in [5, 5.41) is 6.65. The van der Waals surface area contributed by atoms with Crippen molar-refractivity contribution in [2.75, 3.05) is 63.1 Å². The first-order valence-electron chi connectivity index (χ1n) is 17.2. The van der Waals surface area contributed by atoms with Crippen molar-refractivity contribution in [2.45, 2.75) is 32.9 Å². The van der Waals surface area contributed by atoms with Gasteiger partial charge < -0.3 is 25.3 Å². The van der Waals surface area contributed by atoms with E-state index in [0.29, 0.717) is 53.7 Å². The molecule has 2 aliphatic heterocycles. The second kappa shape index (κ2) is 13.8. The number of rotatable bonds is 10. The van der Waals surface area contributed by atoms with Crippen LogP contribution in [0, 0.1) is 0 Å². The largest absolute Gasteiger partial charge is 0.383 e. The Balaban J connectivity index is 0.923. The first-order chi connectivity index (χ1) is 24.5. The van der Waals surface area contributed by atoms with E-state index in [1.807, 2.05) is 27.9 Å². The number of ether oxygens (including phenoxy) is 1. The Morgan fingerprint density at radius 1 is 0.940 bits per heavy atom. The minimum atomic E-state index is -0.0525. The zero-order chi connectivity index (χ0) is 34.0. The first-order valence-corrected chi connectivity index (χ1v) is 17.2. The fraction of sp³-hybridized carbons (Fsp3) is 0.361. The zero-order valence-corrected chi connectivity index (χ0v) is 28.1. The van der Waals surface area contributed by atoms with Crippen molar-refractivity contribution in [3.8, 4) is 11.3 Å². The van der Waals surface area contributed by atoms with E-state index in [4.69, 9.17) is 15.6 Å². The molecule has 0 unspecified atom stereocenters. The van der Waals surface area contributed by atoms with Crippen LogP contribution in [-0.2, 0) is 24.2 Å². The Morgan fingerprint density at radius 2 is 1.80 bits per heavy atom. The fourth-order valence-corrected chi connectivity index (χ4v) is 6.85. The van der Waals surface area contributed by atoms with Crippen molar-refractivity contribution in [3.05, 3.63) is 83.7 Å². The number of hydrogen-bond acceptors (Lipinski definition) is 11. The van der Waals surface area contributed by atoms with Gasteiger partial charge >= 0.3 is 0 Å². The molecule has 0 bridgehead atoms. The highest BCUT2D eigenvalue weighted by atomic mass is 16.5. The summed E-state index contributed by atoms with van der Waals surface area (Å²) >= 11 is 0. The van der Waals surface area contributed by atoms with E-state index in [9.17, 15) is 4.79 Å². The van der Waals surface area contributed by atoms with E-state index in [1.54, 1.807) is 18.6 Å². The average Bonchev–Trinajstić information content (AvgIpc) is 3.78. The molecule has 0 saturated carbocycles. The van der Waals surface area contributed by atoms with Crippen LogP contribution in [0.25, 0.3) is 33.3 Å². The predicted molar refractivity (Wildman–Crippen MR) is 191 cm³/mol. The number of carbonyl (C=O) groups is 1. The molecule has 7 heterocycles. The Kier molecular flexibility index (Phi) is 8.77. The van der Waals surface area contributed by atoms with E-state index in [2.05, 4.69) is 64.8 Å². The molecular formula is C36H40N12O2. The molecule has 1 amide bonds. The predicted octanol–water partition coefficient (Wildman–Crippen LogP) is 3.54. The van der Waals surface area contributed by atoms with Gasteiger partial charge in [-0.1, -0.05) is 25.1 Å². The summed E-state index contributed by atoms with van der Waals surface area (Å²) in [5.74, 6) is 0.996. The van der Waals surface area contributed by atoms with Gasteiger partial charge in [-0.05, 0) is 41.7 Å². The summed E-state index contributed by atoms with van der Waals surface area (Å²) < 4.78 is 7.51. The lowest BCUT2D eigenvalue weighted by atomic mass is 9.97. The molecule has 0 spiro atoms. The maximum Gasteiger partial charge on any atom is 0.257 e. The Morgan fingerprint density at radius 3 is 2.64 bits per heavy atom. The molecule has 3 N–H and O–H groups in total. The summed E-state index contributed by atoms with van der Waals surface area (Å²) in [6.07, 6.45) is 10.3. The minimum Gasteiger partial charge on any atom is -0.383 e. The standard InChI is InChI=1S/C36H40N12O2/c1-2-14-50-15-13-45-9-11-46(12-10-45)36-40-19-29(20-41-36)35(49)47-8-6-25-16-24(3-4-27(25)22-47)21-48-34-30(32(37)42-23-43-34)31(44-48)28-17-26-5-7-38-33(26)39-18-28/h3-5,7,16-20,23H,2,6,8-15,21-22H2,1H3,(H,38,39)(H2,37,42,43). The van der Waals surface area contributed by atoms with E-state index in [-0.39, 0.29) is 5.91 Å². The smallest absolute Gasteiger partial charge is 0.257 e. The average molecular weight is 673 g/mol. The number of carbonyl (C=O) groups excluding carboxylic acids is 1. The molecule has 1 aromatic carbocycles. The lowest BCUT2D eigenvalue weighted by Crippen LogP contribution is -2.48. The molecule has 0 radical (unpaired) electrons. The molecule has 1 saturated heterocycles. The van der Waals surface area contributed by atoms with Gasteiger partial charge in [-0.15, -0.1) is 0 Å². The number of nitrogens with zero attached hydrogens (tertiary/aromatic N) is 10. The van der Waals surface area contributed by atoms with E-state index >= 15 is 0 Å². The zero-order valence-electron chi connectivity index (χ0n) is 28.1. The summed E-state index contributed by atoms with van der Waals surface area (Å²) in [5.41, 5.74) is 13.3. The van der Waals surface area contributed by atoms with Gasteiger partial charge in [0.1, 0.15) is 23.5 Å². The molecule has 6 aromatic rings. The number of nitrogens with one attached hydrogen (secondary N) is 1. The Bertz CT molecular complexity index is 2140. The number of aromatic amines is 1. The van der Waals surface area contributed by atoms with Crippen LogP contribution in [0.2, 0.25) is 0 Å². The molecule has 256 valence electrons. The molecule has 14 heteroatoms. The maximum absolute atomic E-state index is 13.5. The minimum absolute atomic E-state index is 0.0525. The second-order valence-corrected chi connectivity index (χ2v) is 12.9. The number of amides is 1. The van der Waals surface area contributed by atoms with Gasteiger partial charge in [0.25, 0.3) is 5.91 Å². The van der Waals surface area contributed by atoms with Gasteiger partial charge in [0, 0.05) is 88.2 Å². The van der Waals surface area contributed by atoms with Gasteiger partial charge in [-0.25, -0.2) is 29.6 Å². The molecule has 5 aromatic heterocycles. The lowest BCUT2D eigenvalue weighted by Gasteiger charge is -2.34. The number of H-pyrrole nitrogens is 1. The molecular weight excluding hydrogens is 632 g/mol. The van der Waals surface area contributed by atoms with Crippen molar-refractivity contribution in [1.82, 2.24) is 49.5 Å². The summed E-state index contributed by atoms with van der Waals surface area (Å²) in [4.78, 5) is 45.6.